The van der Waals surface area contributed by atoms with Crippen LogP contribution in [0, 0.1) is 0 Å². The highest BCUT2D eigenvalue weighted by Gasteiger charge is 2.07. The van der Waals surface area contributed by atoms with Gasteiger partial charge in [0.1, 0.15) is 17.0 Å². The van der Waals surface area contributed by atoms with Gasteiger partial charge in [-0.2, -0.15) is 4.98 Å². The van der Waals surface area contributed by atoms with Crippen LogP contribution in [0.5, 0.6) is 5.88 Å². The fraction of sp³-hybridized carbons (Fsp3) is 0.636. The zero-order valence-electron chi connectivity index (χ0n) is 9.86. The number of aromatic nitrogens is 2. The maximum atomic E-state index is 5.47. The van der Waals surface area contributed by atoms with Gasteiger partial charge in [0, 0.05) is 18.6 Å². The summed E-state index contributed by atoms with van der Waals surface area (Å²) in [5, 5.41) is 0. The summed E-state index contributed by atoms with van der Waals surface area (Å²) in [4.78, 5) is 8.58. The molecule has 0 radical (unpaired) electrons. The van der Waals surface area contributed by atoms with Crippen molar-refractivity contribution in [2.45, 2.75) is 26.7 Å². The molecule has 1 heterocycles. The van der Waals surface area contributed by atoms with Crippen molar-refractivity contribution in [2.75, 3.05) is 19.8 Å². The van der Waals surface area contributed by atoms with Crippen molar-refractivity contribution in [3.63, 3.8) is 0 Å². The molecule has 0 aliphatic carbocycles. The molecular weight excluding hydrogens is 272 g/mol. The molecule has 1 aromatic rings. The van der Waals surface area contributed by atoms with Gasteiger partial charge in [-0.05, 0) is 22.9 Å². The molecule has 0 spiro atoms. The molecule has 0 unspecified atom stereocenters. The molecule has 0 fully saturated rings. The minimum atomic E-state index is 0.284. The Labute approximate surface area is 105 Å². The molecule has 0 bridgehead atoms. The molecule has 1 aromatic heterocycles. The first-order valence-electron chi connectivity index (χ1n) is 5.38. The molecule has 0 atom stereocenters. The normalized spacial score (nSPS) is 10.8. The molecule has 90 valence electrons. The van der Waals surface area contributed by atoms with Crippen LogP contribution in [-0.4, -0.2) is 29.8 Å². The Balaban J connectivity index is 2.58. The minimum absolute atomic E-state index is 0.284. The number of nitrogens with zero attached hydrogens (tertiary/aromatic N) is 2. The Bertz CT molecular complexity index is 332. The maximum absolute atomic E-state index is 5.47. The fourth-order valence-corrected chi connectivity index (χ4v) is 1.47. The van der Waals surface area contributed by atoms with Gasteiger partial charge in [-0.3, -0.25) is 0 Å². The SMILES string of the molecule is CCOCCOc1cc(Br)nc(C(C)C)n1. The van der Waals surface area contributed by atoms with Crippen LogP contribution >= 0.6 is 15.9 Å². The molecule has 0 amide bonds. The highest BCUT2D eigenvalue weighted by Crippen LogP contribution is 2.18. The summed E-state index contributed by atoms with van der Waals surface area (Å²) < 4.78 is 11.4. The van der Waals surface area contributed by atoms with Crippen molar-refractivity contribution < 1.29 is 9.47 Å². The lowest BCUT2D eigenvalue weighted by atomic mass is 10.2. The first kappa shape index (κ1) is 13.4. The van der Waals surface area contributed by atoms with Crippen molar-refractivity contribution >= 4 is 15.9 Å². The van der Waals surface area contributed by atoms with Gasteiger partial charge in [0.2, 0.25) is 5.88 Å². The van der Waals surface area contributed by atoms with Crippen LogP contribution in [0.25, 0.3) is 0 Å². The van der Waals surface area contributed by atoms with Crippen molar-refractivity contribution in [1.82, 2.24) is 9.97 Å². The predicted octanol–water partition coefficient (Wildman–Crippen LogP) is 2.78. The summed E-state index contributed by atoms with van der Waals surface area (Å²) in [5.41, 5.74) is 0. The first-order chi connectivity index (χ1) is 7.63. The quantitative estimate of drug-likeness (QED) is 0.596. The number of rotatable bonds is 6. The Morgan fingerprint density at radius 1 is 1.31 bits per heavy atom. The summed E-state index contributed by atoms with van der Waals surface area (Å²) in [7, 11) is 0. The van der Waals surface area contributed by atoms with Crippen LogP contribution in [0.3, 0.4) is 0 Å². The van der Waals surface area contributed by atoms with E-state index in [-0.39, 0.29) is 5.92 Å². The van der Waals surface area contributed by atoms with E-state index in [0.717, 1.165) is 10.4 Å². The number of hydrogen-bond donors (Lipinski definition) is 0. The van der Waals surface area contributed by atoms with Crippen molar-refractivity contribution in [2.24, 2.45) is 0 Å². The Hall–Kier alpha value is -0.680. The maximum Gasteiger partial charge on any atom is 0.217 e. The van der Waals surface area contributed by atoms with Crippen LogP contribution < -0.4 is 4.74 Å². The topological polar surface area (TPSA) is 44.2 Å². The molecule has 5 heteroatoms. The first-order valence-corrected chi connectivity index (χ1v) is 6.17. The van der Waals surface area contributed by atoms with Gasteiger partial charge in [-0.25, -0.2) is 4.98 Å². The highest BCUT2D eigenvalue weighted by atomic mass is 79.9. The van der Waals surface area contributed by atoms with Crippen LogP contribution in [0.2, 0.25) is 0 Å². The van der Waals surface area contributed by atoms with E-state index in [2.05, 4.69) is 25.9 Å². The van der Waals surface area contributed by atoms with E-state index < -0.39 is 0 Å². The predicted molar refractivity (Wildman–Crippen MR) is 65.8 cm³/mol. The Morgan fingerprint density at radius 3 is 2.69 bits per heavy atom. The summed E-state index contributed by atoms with van der Waals surface area (Å²) in [5.74, 6) is 1.65. The average Bonchev–Trinajstić information content (AvgIpc) is 2.23. The van der Waals surface area contributed by atoms with Gasteiger partial charge in [-0.15, -0.1) is 0 Å². The van der Waals surface area contributed by atoms with Gasteiger partial charge in [0.05, 0.1) is 6.61 Å². The van der Waals surface area contributed by atoms with Gasteiger partial charge >= 0.3 is 0 Å². The number of ether oxygens (including phenoxy) is 2. The van der Waals surface area contributed by atoms with E-state index in [9.17, 15) is 0 Å². The molecular formula is C11H17BrN2O2. The highest BCUT2D eigenvalue weighted by molar-refractivity contribution is 9.10. The van der Waals surface area contributed by atoms with E-state index in [0.29, 0.717) is 25.7 Å². The smallest absolute Gasteiger partial charge is 0.217 e. The molecule has 0 aliphatic rings. The van der Waals surface area contributed by atoms with Crippen LogP contribution in [-0.2, 0) is 4.74 Å². The second kappa shape index (κ2) is 6.81. The second-order valence-corrected chi connectivity index (χ2v) is 4.40. The Kier molecular flexibility index (Phi) is 5.69. The number of hydrogen-bond acceptors (Lipinski definition) is 4. The minimum Gasteiger partial charge on any atom is -0.475 e. The summed E-state index contributed by atoms with van der Waals surface area (Å²) in [6.07, 6.45) is 0. The molecule has 0 aromatic carbocycles. The molecule has 1 rings (SSSR count). The zero-order chi connectivity index (χ0) is 12.0. The van der Waals surface area contributed by atoms with Gasteiger partial charge in [0.15, 0.2) is 0 Å². The van der Waals surface area contributed by atoms with Gasteiger partial charge < -0.3 is 9.47 Å². The van der Waals surface area contributed by atoms with Crippen molar-refractivity contribution in [3.8, 4) is 5.88 Å². The van der Waals surface area contributed by atoms with Crippen LogP contribution in [0.1, 0.15) is 32.5 Å². The van der Waals surface area contributed by atoms with Gasteiger partial charge in [0.25, 0.3) is 0 Å². The zero-order valence-corrected chi connectivity index (χ0v) is 11.5. The third-order valence-corrected chi connectivity index (χ3v) is 2.29. The third-order valence-electron chi connectivity index (χ3n) is 1.89. The van der Waals surface area contributed by atoms with E-state index in [1.54, 1.807) is 6.07 Å². The molecule has 16 heavy (non-hydrogen) atoms. The van der Waals surface area contributed by atoms with E-state index >= 15 is 0 Å². The van der Waals surface area contributed by atoms with Gasteiger partial charge in [-0.1, -0.05) is 13.8 Å². The standard InChI is InChI=1S/C11H17BrN2O2/c1-4-15-5-6-16-10-7-9(12)13-11(14-10)8(2)3/h7-8H,4-6H2,1-3H3. The summed E-state index contributed by atoms with van der Waals surface area (Å²) >= 11 is 3.34. The monoisotopic (exact) mass is 288 g/mol. The Morgan fingerprint density at radius 2 is 2.06 bits per heavy atom. The van der Waals surface area contributed by atoms with Crippen molar-refractivity contribution in [1.29, 1.82) is 0 Å². The molecule has 0 N–H and O–H groups in total. The van der Waals surface area contributed by atoms with Crippen molar-refractivity contribution in [3.05, 3.63) is 16.5 Å². The second-order valence-electron chi connectivity index (χ2n) is 3.59. The number of halogens is 1. The molecule has 0 aliphatic heterocycles. The van der Waals surface area contributed by atoms with Crippen LogP contribution in [0.4, 0.5) is 0 Å². The third kappa shape index (κ3) is 4.45. The molecule has 4 nitrogen and oxygen atoms in total. The van der Waals surface area contributed by atoms with E-state index in [1.165, 1.54) is 0 Å². The lowest BCUT2D eigenvalue weighted by Crippen LogP contribution is -2.08. The lowest BCUT2D eigenvalue weighted by molar-refractivity contribution is 0.108. The molecule has 0 saturated heterocycles. The van der Waals surface area contributed by atoms with E-state index in [4.69, 9.17) is 9.47 Å². The average molecular weight is 289 g/mol. The largest absolute Gasteiger partial charge is 0.475 e. The van der Waals surface area contributed by atoms with Crippen LogP contribution in [0.15, 0.2) is 10.7 Å². The fourth-order valence-electron chi connectivity index (χ4n) is 1.10. The summed E-state index contributed by atoms with van der Waals surface area (Å²) in [6.45, 7) is 7.84. The lowest BCUT2D eigenvalue weighted by Gasteiger charge is -2.09. The summed E-state index contributed by atoms with van der Waals surface area (Å²) in [6, 6.07) is 1.76. The van der Waals surface area contributed by atoms with E-state index in [1.807, 2.05) is 20.8 Å². The molecule has 0 saturated carbocycles.